The predicted molar refractivity (Wildman–Crippen MR) is 68.0 cm³/mol. The minimum Gasteiger partial charge on any atom is -0.479 e. The van der Waals surface area contributed by atoms with Gasteiger partial charge in [0.05, 0.1) is 0 Å². The van der Waals surface area contributed by atoms with Crippen LogP contribution in [0.4, 0.5) is 0 Å². The maximum absolute atomic E-state index is 10.8. The number of rotatable bonds is 5. The highest BCUT2D eigenvalue weighted by molar-refractivity contribution is 6.36. The van der Waals surface area contributed by atoms with Crippen molar-refractivity contribution < 1.29 is 14.6 Å². The Balaban J connectivity index is 2.73. The van der Waals surface area contributed by atoms with Crippen LogP contribution in [0.1, 0.15) is 17.5 Å². The second kappa shape index (κ2) is 6.24. The summed E-state index contributed by atoms with van der Waals surface area (Å²) in [6.45, 7) is 1.84. The van der Waals surface area contributed by atoms with Gasteiger partial charge in [0.15, 0.2) is 6.10 Å². The fraction of sp³-hybridized carbons (Fsp3) is 0.417. The van der Waals surface area contributed by atoms with Crippen molar-refractivity contribution in [3.63, 3.8) is 0 Å². The summed E-state index contributed by atoms with van der Waals surface area (Å²) in [4.78, 5) is 10.8. The first-order valence-corrected chi connectivity index (χ1v) is 5.91. The molecule has 0 amide bonds. The number of carboxylic acids is 1. The Morgan fingerprint density at radius 1 is 1.41 bits per heavy atom. The Labute approximate surface area is 110 Å². The molecule has 1 unspecified atom stereocenters. The molecule has 1 aromatic carbocycles. The number of carbonyl (C=O) groups is 1. The highest BCUT2D eigenvalue weighted by Gasteiger charge is 2.16. The van der Waals surface area contributed by atoms with Gasteiger partial charge in [-0.1, -0.05) is 23.2 Å². The van der Waals surface area contributed by atoms with Gasteiger partial charge >= 0.3 is 5.97 Å². The van der Waals surface area contributed by atoms with Gasteiger partial charge in [-0.05, 0) is 43.0 Å². The molecule has 1 N–H and O–H groups in total. The second-order valence-electron chi connectivity index (χ2n) is 3.79. The third-order valence-corrected chi connectivity index (χ3v) is 3.38. The third-order valence-electron chi connectivity index (χ3n) is 2.60. The Morgan fingerprint density at radius 2 is 1.94 bits per heavy atom. The van der Waals surface area contributed by atoms with Crippen molar-refractivity contribution in [1.82, 2.24) is 0 Å². The van der Waals surface area contributed by atoms with Gasteiger partial charge in [0, 0.05) is 17.2 Å². The van der Waals surface area contributed by atoms with E-state index in [1.165, 1.54) is 7.11 Å². The first-order valence-electron chi connectivity index (χ1n) is 5.15. The molecule has 1 atom stereocenters. The van der Waals surface area contributed by atoms with E-state index in [-0.39, 0.29) is 0 Å². The zero-order chi connectivity index (χ0) is 13.0. The van der Waals surface area contributed by atoms with Gasteiger partial charge in [-0.2, -0.15) is 0 Å². The molecule has 0 saturated carbocycles. The SMILES string of the molecule is COC(CCc1cc(Cl)c(C)c(Cl)c1)C(=O)O. The molecule has 0 spiro atoms. The topological polar surface area (TPSA) is 46.5 Å². The van der Waals surface area contributed by atoms with Crippen molar-refractivity contribution in [3.8, 4) is 0 Å². The number of aryl methyl sites for hydroxylation is 1. The summed E-state index contributed by atoms with van der Waals surface area (Å²) >= 11 is 12.0. The molecule has 5 heteroatoms. The Hall–Kier alpha value is -0.770. The van der Waals surface area contributed by atoms with Gasteiger partial charge in [0.25, 0.3) is 0 Å². The van der Waals surface area contributed by atoms with Crippen molar-refractivity contribution >= 4 is 29.2 Å². The molecule has 1 rings (SSSR count). The second-order valence-corrected chi connectivity index (χ2v) is 4.60. The van der Waals surface area contributed by atoms with Crippen LogP contribution in [0.15, 0.2) is 12.1 Å². The van der Waals surface area contributed by atoms with E-state index >= 15 is 0 Å². The van der Waals surface area contributed by atoms with E-state index in [1.807, 2.05) is 6.92 Å². The lowest BCUT2D eigenvalue weighted by atomic mass is 10.1. The van der Waals surface area contributed by atoms with Crippen molar-refractivity contribution in [3.05, 3.63) is 33.3 Å². The molecular formula is C12H14Cl2O3. The molecule has 0 aromatic heterocycles. The predicted octanol–water partition coefficient (Wildman–Crippen LogP) is 3.33. The molecule has 0 aliphatic rings. The molecule has 0 aliphatic carbocycles. The van der Waals surface area contributed by atoms with E-state index < -0.39 is 12.1 Å². The van der Waals surface area contributed by atoms with Gasteiger partial charge in [0.1, 0.15) is 0 Å². The number of hydrogen-bond donors (Lipinski definition) is 1. The number of carboxylic acid groups (broad SMARTS) is 1. The first kappa shape index (κ1) is 14.3. The molecule has 1 aromatic rings. The number of benzene rings is 1. The number of ether oxygens (including phenoxy) is 1. The average molecular weight is 277 g/mol. The van der Waals surface area contributed by atoms with Gasteiger partial charge in [-0.3, -0.25) is 0 Å². The standard InChI is InChI=1S/C12H14Cl2O3/c1-7-9(13)5-8(6-10(7)14)3-4-11(17-2)12(15)16/h5-6,11H,3-4H2,1-2H3,(H,15,16). The summed E-state index contributed by atoms with van der Waals surface area (Å²) < 4.78 is 4.85. The van der Waals surface area contributed by atoms with Crippen LogP contribution in [-0.4, -0.2) is 24.3 Å². The molecule has 0 radical (unpaired) electrons. The number of hydrogen-bond acceptors (Lipinski definition) is 2. The van der Waals surface area contributed by atoms with E-state index in [0.717, 1.165) is 11.1 Å². The van der Waals surface area contributed by atoms with E-state index in [9.17, 15) is 4.79 Å². The molecule has 0 bridgehead atoms. The van der Waals surface area contributed by atoms with Crippen LogP contribution in [0.25, 0.3) is 0 Å². The van der Waals surface area contributed by atoms with Crippen LogP contribution in [0.2, 0.25) is 10.0 Å². The van der Waals surface area contributed by atoms with Crippen molar-refractivity contribution in [2.24, 2.45) is 0 Å². The molecular weight excluding hydrogens is 263 g/mol. The Kier molecular flexibility index (Phi) is 5.25. The summed E-state index contributed by atoms with van der Waals surface area (Å²) in [5.74, 6) is -0.961. The molecule has 3 nitrogen and oxygen atoms in total. The van der Waals surface area contributed by atoms with Crippen LogP contribution in [0.3, 0.4) is 0 Å². The molecule has 0 aliphatic heterocycles. The number of halogens is 2. The van der Waals surface area contributed by atoms with Crippen molar-refractivity contribution in [2.75, 3.05) is 7.11 Å². The highest BCUT2D eigenvalue weighted by atomic mass is 35.5. The highest BCUT2D eigenvalue weighted by Crippen LogP contribution is 2.26. The largest absolute Gasteiger partial charge is 0.479 e. The monoisotopic (exact) mass is 276 g/mol. The summed E-state index contributed by atoms with van der Waals surface area (Å²) in [5, 5.41) is 10.0. The van der Waals surface area contributed by atoms with Crippen molar-refractivity contribution in [1.29, 1.82) is 0 Å². The van der Waals surface area contributed by atoms with Crippen molar-refractivity contribution in [2.45, 2.75) is 25.9 Å². The van der Waals surface area contributed by atoms with Gasteiger partial charge < -0.3 is 9.84 Å². The zero-order valence-corrected chi connectivity index (χ0v) is 11.2. The fourth-order valence-corrected chi connectivity index (χ4v) is 2.01. The van der Waals surface area contributed by atoms with Gasteiger partial charge in [-0.15, -0.1) is 0 Å². The van der Waals surface area contributed by atoms with E-state index in [2.05, 4.69) is 0 Å². The van der Waals surface area contributed by atoms with Crippen LogP contribution in [-0.2, 0) is 16.0 Å². The summed E-state index contributed by atoms with van der Waals surface area (Å²) in [7, 11) is 1.38. The molecule has 17 heavy (non-hydrogen) atoms. The van der Waals surface area contributed by atoms with Gasteiger partial charge in [0.2, 0.25) is 0 Å². The number of aliphatic carboxylic acids is 1. The number of methoxy groups -OCH3 is 1. The lowest BCUT2D eigenvalue weighted by Crippen LogP contribution is -2.22. The van der Waals surface area contributed by atoms with Crippen LogP contribution < -0.4 is 0 Å². The maximum atomic E-state index is 10.8. The quantitative estimate of drug-likeness (QED) is 0.897. The minimum absolute atomic E-state index is 0.390. The van der Waals surface area contributed by atoms with Crippen LogP contribution in [0, 0.1) is 6.92 Å². The van der Waals surface area contributed by atoms with Crippen LogP contribution >= 0.6 is 23.2 Å². The minimum atomic E-state index is -0.961. The zero-order valence-electron chi connectivity index (χ0n) is 9.67. The fourth-order valence-electron chi connectivity index (χ4n) is 1.48. The summed E-state index contributed by atoms with van der Waals surface area (Å²) in [6, 6.07) is 3.61. The normalized spacial score (nSPS) is 12.5. The summed E-state index contributed by atoms with van der Waals surface area (Å²) in [6.07, 6.45) is 0.153. The van der Waals surface area contributed by atoms with E-state index in [1.54, 1.807) is 12.1 Å². The molecule has 0 heterocycles. The lowest BCUT2D eigenvalue weighted by molar-refractivity contribution is -0.148. The van der Waals surface area contributed by atoms with E-state index in [4.69, 9.17) is 33.0 Å². The summed E-state index contributed by atoms with van der Waals surface area (Å²) in [5.41, 5.74) is 1.74. The molecule has 0 saturated heterocycles. The Morgan fingerprint density at radius 3 is 2.35 bits per heavy atom. The third kappa shape index (κ3) is 3.87. The van der Waals surface area contributed by atoms with E-state index in [0.29, 0.717) is 22.9 Å². The molecule has 94 valence electrons. The van der Waals surface area contributed by atoms with Gasteiger partial charge in [-0.25, -0.2) is 4.79 Å². The average Bonchev–Trinajstić information content (AvgIpc) is 2.26. The molecule has 0 fully saturated rings. The Bertz CT molecular complexity index is 395. The lowest BCUT2D eigenvalue weighted by Gasteiger charge is -2.11. The smallest absolute Gasteiger partial charge is 0.332 e. The maximum Gasteiger partial charge on any atom is 0.332 e. The first-order chi connectivity index (χ1) is 7.95. The van der Waals surface area contributed by atoms with Crippen LogP contribution in [0.5, 0.6) is 0 Å².